The van der Waals surface area contributed by atoms with E-state index >= 15 is 4.79 Å². The number of nitriles is 1. The third kappa shape index (κ3) is 5.94. The fourth-order valence-corrected chi connectivity index (χ4v) is 12.7. The first-order chi connectivity index (χ1) is 30.0. The summed E-state index contributed by atoms with van der Waals surface area (Å²) in [6, 6.07) is 15.7. The minimum atomic E-state index is -1.34. The minimum Gasteiger partial charge on any atom is -0.504 e. The average Bonchev–Trinajstić information content (AvgIpc) is 3.76. The molecule has 4 aromatic rings. The Balaban J connectivity index is 1.18. The van der Waals surface area contributed by atoms with Gasteiger partial charge in [0.25, 0.3) is 0 Å². The third-order valence-electron chi connectivity index (χ3n) is 13.7. The second-order valence-corrected chi connectivity index (χ2v) is 18.0. The zero-order chi connectivity index (χ0) is 43.2. The molecule has 2 saturated heterocycles. The maximum absolute atomic E-state index is 15.1. The van der Waals surface area contributed by atoms with Crippen molar-refractivity contribution in [3.63, 3.8) is 0 Å². The number of aryl methyl sites for hydroxylation is 1. The second-order valence-electron chi connectivity index (χ2n) is 16.8. The summed E-state index contributed by atoms with van der Waals surface area (Å²) in [5.74, 6) is 1.94. The fraction of sp³-hybridized carbons (Fsp3) is 0.426. The van der Waals surface area contributed by atoms with Crippen molar-refractivity contribution in [1.82, 2.24) is 15.1 Å². The van der Waals surface area contributed by atoms with Gasteiger partial charge < -0.3 is 38.3 Å². The van der Waals surface area contributed by atoms with Crippen LogP contribution in [0.2, 0.25) is 0 Å². The average molecular weight is 861 g/mol. The highest BCUT2D eigenvalue weighted by Gasteiger charge is 2.62. The molecule has 7 heterocycles. The largest absolute Gasteiger partial charge is 0.504 e. The van der Waals surface area contributed by atoms with Gasteiger partial charge >= 0.3 is 11.9 Å². The highest BCUT2D eigenvalue weighted by molar-refractivity contribution is 7.99. The third-order valence-corrected chi connectivity index (χ3v) is 15.1. The summed E-state index contributed by atoms with van der Waals surface area (Å²) >= 11 is 1.52. The number of benzene rings is 4. The van der Waals surface area contributed by atoms with Crippen molar-refractivity contribution in [3.05, 3.63) is 98.6 Å². The number of hydrogen-bond acceptors (Lipinski definition) is 15. The normalized spacial score (nSPS) is 26.9. The standard InChI is InChI=1S/C47H48N4O10S/c1-23-14-28-15-30-31(18-48)51-32-20-58-46(54)47(29-17-33(55-5)34(16-27(29)12-13-49-47)57-19-26-10-8-7-9-11-26)21-62-45(39(51)38(50(30)4)35(28)40(53)41(23)56-6)37-36(32)44-43(59-22-60-44)24(2)42(37)61-25(3)52/h7-11,14,16-17,30-32,38-39,45,49,53H,12-13,15,19-22H2,1-6H3/t30-,31-,32-,38+,39?,45+,47+/m0/s1. The number of rotatable bonds is 6. The van der Waals surface area contributed by atoms with Crippen LogP contribution in [0.5, 0.6) is 40.2 Å². The van der Waals surface area contributed by atoms with Crippen molar-refractivity contribution < 1.29 is 47.9 Å². The first kappa shape index (κ1) is 40.4. The van der Waals surface area contributed by atoms with Gasteiger partial charge in [-0.15, -0.1) is 11.8 Å². The van der Waals surface area contributed by atoms with E-state index in [2.05, 4.69) is 27.3 Å². The Morgan fingerprint density at radius 2 is 1.81 bits per heavy atom. The summed E-state index contributed by atoms with van der Waals surface area (Å²) in [6.07, 6.45) is 1.12. The molecule has 15 heteroatoms. The number of nitrogens with zero attached hydrogens (tertiary/aromatic N) is 3. The van der Waals surface area contributed by atoms with Crippen LogP contribution in [0.3, 0.4) is 0 Å². The lowest BCUT2D eigenvalue weighted by Gasteiger charge is -2.62. The van der Waals surface area contributed by atoms with Crippen molar-refractivity contribution in [3.8, 4) is 46.3 Å². The van der Waals surface area contributed by atoms with Gasteiger partial charge in [0.1, 0.15) is 25.0 Å². The summed E-state index contributed by atoms with van der Waals surface area (Å²) in [4.78, 5) is 32.5. The van der Waals surface area contributed by atoms with E-state index in [1.165, 1.54) is 18.7 Å². The molecule has 62 heavy (non-hydrogen) atoms. The molecule has 322 valence electrons. The summed E-state index contributed by atoms with van der Waals surface area (Å²) in [5.41, 5.74) is 5.73. The molecule has 7 aliphatic rings. The van der Waals surface area contributed by atoms with Gasteiger partial charge in [0, 0.05) is 53.6 Å². The van der Waals surface area contributed by atoms with Crippen molar-refractivity contribution in [2.75, 3.05) is 47.0 Å². The van der Waals surface area contributed by atoms with Crippen molar-refractivity contribution in [2.45, 2.75) is 81.2 Å². The Morgan fingerprint density at radius 3 is 2.55 bits per heavy atom. The molecule has 0 aliphatic carbocycles. The molecule has 7 atom stereocenters. The Kier molecular flexibility index (Phi) is 9.97. The Bertz CT molecular complexity index is 2560. The van der Waals surface area contributed by atoms with Gasteiger partial charge in [0.05, 0.1) is 37.6 Å². The van der Waals surface area contributed by atoms with Crippen molar-refractivity contribution >= 4 is 23.7 Å². The predicted molar refractivity (Wildman–Crippen MR) is 227 cm³/mol. The van der Waals surface area contributed by atoms with Crippen LogP contribution in [0.25, 0.3) is 0 Å². The smallest absolute Gasteiger partial charge is 0.331 e. The number of methoxy groups -OCH3 is 2. The molecule has 14 nitrogen and oxygen atoms in total. The van der Waals surface area contributed by atoms with Gasteiger partial charge in [-0.05, 0) is 73.7 Å². The van der Waals surface area contributed by atoms with E-state index in [1.807, 2.05) is 63.4 Å². The van der Waals surface area contributed by atoms with Crippen molar-refractivity contribution in [2.24, 2.45) is 0 Å². The molecule has 7 aliphatic heterocycles. The summed E-state index contributed by atoms with van der Waals surface area (Å²) in [7, 11) is 5.14. The van der Waals surface area contributed by atoms with E-state index in [1.54, 1.807) is 14.2 Å². The second kappa shape index (κ2) is 15.3. The maximum atomic E-state index is 15.1. The number of carbonyl (C=O) groups is 2. The number of piperazine rings is 1. The number of fused-ring (bicyclic) bond motifs is 9. The fourth-order valence-electron chi connectivity index (χ4n) is 11.0. The number of nitrogens with one attached hydrogen (secondary N) is 1. The van der Waals surface area contributed by atoms with Crippen LogP contribution in [-0.4, -0.2) is 91.9 Å². The van der Waals surface area contributed by atoms with E-state index in [0.717, 1.165) is 33.4 Å². The number of likely N-dealkylation sites (N-methyl/N-ethyl adjacent to an activating group) is 1. The Labute approximate surface area is 363 Å². The van der Waals surface area contributed by atoms with Crippen molar-refractivity contribution in [1.29, 1.82) is 5.26 Å². The molecule has 1 unspecified atom stereocenters. The van der Waals surface area contributed by atoms with Crippen LogP contribution in [0, 0.1) is 25.2 Å². The highest BCUT2D eigenvalue weighted by atomic mass is 32.2. The van der Waals surface area contributed by atoms with E-state index in [4.69, 9.17) is 33.2 Å². The molecule has 11 rings (SSSR count). The number of carbonyl (C=O) groups excluding carboxylic acids is 2. The quantitative estimate of drug-likeness (QED) is 0.175. The van der Waals surface area contributed by atoms with Crippen LogP contribution >= 0.6 is 11.8 Å². The van der Waals surface area contributed by atoms with Crippen LogP contribution in [0.4, 0.5) is 0 Å². The van der Waals surface area contributed by atoms with Gasteiger partial charge in [0.2, 0.25) is 6.79 Å². The molecule has 2 fully saturated rings. The van der Waals surface area contributed by atoms with Gasteiger partial charge in [-0.25, -0.2) is 4.79 Å². The summed E-state index contributed by atoms with van der Waals surface area (Å²) in [5, 5.41) is 26.4. The molecular weight excluding hydrogens is 813 g/mol. The zero-order valence-corrected chi connectivity index (χ0v) is 36.2. The zero-order valence-electron chi connectivity index (χ0n) is 35.4. The van der Waals surface area contributed by atoms with Crippen LogP contribution in [0.15, 0.2) is 48.5 Å². The lowest BCUT2D eigenvalue weighted by molar-refractivity contribution is -0.157. The SMILES string of the molecule is COc1cc2c(cc1OCc1ccccc1)CCN[C@]21CS[C@@H]2c3c(OC(C)=O)c(C)c4c(c3[C@H](COC1=O)N1C2[C@H]2c3c(cc(C)c(OC)c3O)C[C@@H]([C@@H]1C#N)N2C)OCO4. The Hall–Kier alpha value is -5.66. The molecule has 4 bridgehead atoms. The molecule has 0 amide bonds. The van der Waals surface area contributed by atoms with Gasteiger partial charge in [-0.2, -0.15) is 5.26 Å². The number of phenols is 1. The van der Waals surface area contributed by atoms with E-state index < -0.39 is 46.9 Å². The van der Waals surface area contributed by atoms with Gasteiger partial charge in [-0.3, -0.25) is 19.9 Å². The van der Waals surface area contributed by atoms with Crippen LogP contribution in [-0.2, 0) is 39.3 Å². The lowest BCUT2D eigenvalue weighted by Crippen LogP contribution is -2.69. The van der Waals surface area contributed by atoms with E-state index in [-0.39, 0.29) is 30.9 Å². The molecule has 1 spiro atoms. The molecular formula is C47H48N4O10S. The van der Waals surface area contributed by atoms with E-state index in [9.17, 15) is 15.2 Å². The number of thioether (sulfide) groups is 1. The number of hydrogen-bond donors (Lipinski definition) is 2. The number of esters is 2. The highest BCUT2D eigenvalue weighted by Crippen LogP contribution is 2.64. The summed E-state index contributed by atoms with van der Waals surface area (Å²) < 4.78 is 43.2. The minimum absolute atomic E-state index is 0.0524. The Morgan fingerprint density at radius 1 is 1.02 bits per heavy atom. The van der Waals surface area contributed by atoms with Crippen LogP contribution < -0.4 is 33.7 Å². The molecule has 0 radical (unpaired) electrons. The summed E-state index contributed by atoms with van der Waals surface area (Å²) in [6.45, 7) is 5.72. The molecule has 0 saturated carbocycles. The van der Waals surface area contributed by atoms with E-state index in [0.29, 0.717) is 77.2 Å². The lowest BCUT2D eigenvalue weighted by atomic mass is 9.71. The first-order valence-electron chi connectivity index (χ1n) is 20.9. The van der Waals surface area contributed by atoms with Gasteiger partial charge in [0.15, 0.2) is 40.0 Å². The monoisotopic (exact) mass is 860 g/mol. The van der Waals surface area contributed by atoms with Gasteiger partial charge in [-0.1, -0.05) is 36.4 Å². The topological polar surface area (TPSA) is 161 Å². The molecule has 4 aromatic carbocycles. The number of ether oxygens (including phenoxy) is 7. The first-order valence-corrected chi connectivity index (χ1v) is 21.9. The number of phenolic OH excluding ortho intramolecular Hbond substituents is 1. The molecule has 2 N–H and O–H groups in total. The predicted octanol–water partition coefficient (Wildman–Crippen LogP) is 5.86. The maximum Gasteiger partial charge on any atom is 0.331 e. The van der Waals surface area contributed by atoms with Crippen LogP contribution in [0.1, 0.15) is 74.3 Å². The number of aromatic hydroxyl groups is 1. The molecule has 0 aromatic heterocycles.